The number of fused-ring (bicyclic) bond motifs is 1. The van der Waals surface area contributed by atoms with E-state index in [0.29, 0.717) is 16.8 Å². The lowest BCUT2D eigenvalue weighted by Crippen LogP contribution is -2.41. The van der Waals surface area contributed by atoms with Crippen molar-refractivity contribution in [2.45, 2.75) is 6.92 Å². The second kappa shape index (κ2) is 8.83. The third-order valence-corrected chi connectivity index (χ3v) is 5.21. The molecule has 2 aromatic rings. The van der Waals surface area contributed by atoms with Gasteiger partial charge in [-0.3, -0.25) is 19.8 Å². The summed E-state index contributed by atoms with van der Waals surface area (Å²) in [7, 11) is 1.60. The molecule has 0 radical (unpaired) electrons. The van der Waals surface area contributed by atoms with Crippen molar-refractivity contribution in [3.05, 3.63) is 64.7 Å². The Morgan fingerprint density at radius 1 is 1.16 bits per heavy atom. The van der Waals surface area contributed by atoms with Crippen LogP contribution in [0.4, 0.5) is 5.69 Å². The Kier molecular flexibility index (Phi) is 6.20. The van der Waals surface area contributed by atoms with Crippen molar-refractivity contribution in [3.63, 3.8) is 0 Å². The number of nitrogens with zero attached hydrogens (tertiary/aromatic N) is 2. The number of likely N-dealkylation sites (N-methyl/N-ethyl adjacent to an activating group) is 1. The van der Waals surface area contributed by atoms with Gasteiger partial charge in [-0.15, -0.1) is 0 Å². The van der Waals surface area contributed by atoms with E-state index in [1.165, 1.54) is 16.7 Å². The van der Waals surface area contributed by atoms with Crippen LogP contribution in [0, 0.1) is 11.3 Å². The Morgan fingerprint density at radius 2 is 1.77 bits per heavy atom. The molecule has 0 aromatic heterocycles. The third kappa shape index (κ3) is 4.80. The van der Waals surface area contributed by atoms with Crippen LogP contribution in [0.3, 0.4) is 0 Å². The average Bonchev–Trinajstić information content (AvgIpc) is 2.83. The van der Waals surface area contributed by atoms with Crippen LogP contribution in [0.2, 0.25) is 0 Å². The summed E-state index contributed by atoms with van der Waals surface area (Å²) in [6.45, 7) is 1.29. The zero-order chi connectivity index (χ0) is 22.7. The number of hydrogen-bond acceptors (Lipinski definition) is 4. The Bertz CT molecular complexity index is 1080. The second-order valence-corrected chi connectivity index (χ2v) is 7.52. The molecular weight excluding hydrogens is 396 g/mol. The van der Waals surface area contributed by atoms with Crippen molar-refractivity contribution >= 4 is 41.5 Å². The third-order valence-electron chi connectivity index (χ3n) is 5.21. The van der Waals surface area contributed by atoms with Gasteiger partial charge in [0.05, 0.1) is 17.2 Å². The number of anilines is 1. The van der Waals surface area contributed by atoms with Gasteiger partial charge in [0.25, 0.3) is 5.91 Å². The van der Waals surface area contributed by atoms with E-state index in [0.717, 1.165) is 11.1 Å². The number of carbonyl (C=O) groups excluding carboxylic acids is 2. The van der Waals surface area contributed by atoms with Gasteiger partial charge in [0.2, 0.25) is 5.91 Å². The maximum atomic E-state index is 13.1. The largest absolute Gasteiger partial charge is 0.481 e. The SMILES string of the molecule is CC(CN1CC(=O)N(C)c2ccc(C=Cc3ccc(C(=N)N)cc3)cc2C1=O)C(=O)O. The first-order valence-electron chi connectivity index (χ1n) is 9.72. The fourth-order valence-electron chi connectivity index (χ4n) is 3.29. The number of amides is 2. The summed E-state index contributed by atoms with van der Waals surface area (Å²) in [6.07, 6.45) is 3.71. The van der Waals surface area contributed by atoms with Crippen LogP contribution in [0.1, 0.15) is 34.0 Å². The quantitative estimate of drug-likeness (QED) is 0.375. The fourth-order valence-corrected chi connectivity index (χ4v) is 3.29. The van der Waals surface area contributed by atoms with Gasteiger partial charge in [-0.05, 0) is 23.3 Å². The van der Waals surface area contributed by atoms with Crippen molar-refractivity contribution < 1.29 is 19.5 Å². The number of rotatable bonds is 6. The van der Waals surface area contributed by atoms with Crippen LogP contribution in [0.25, 0.3) is 12.2 Å². The molecule has 0 bridgehead atoms. The lowest BCUT2D eigenvalue weighted by molar-refractivity contribution is -0.141. The molecule has 4 N–H and O–H groups in total. The van der Waals surface area contributed by atoms with Crippen molar-refractivity contribution in [2.75, 3.05) is 25.0 Å². The number of nitrogens with two attached hydrogens (primary N) is 1. The molecular formula is C23H24N4O4. The number of carboxylic acid groups (broad SMARTS) is 1. The maximum absolute atomic E-state index is 13.1. The first-order chi connectivity index (χ1) is 14.7. The minimum absolute atomic E-state index is 0.000215. The summed E-state index contributed by atoms with van der Waals surface area (Å²) in [6, 6.07) is 12.4. The van der Waals surface area contributed by atoms with Gasteiger partial charge in [0.15, 0.2) is 0 Å². The number of benzene rings is 2. The maximum Gasteiger partial charge on any atom is 0.308 e. The average molecular weight is 420 g/mol. The molecule has 1 heterocycles. The van der Waals surface area contributed by atoms with Gasteiger partial charge in [0.1, 0.15) is 12.4 Å². The number of carbonyl (C=O) groups is 3. The van der Waals surface area contributed by atoms with Gasteiger partial charge in [-0.1, -0.05) is 49.4 Å². The minimum Gasteiger partial charge on any atom is -0.481 e. The van der Waals surface area contributed by atoms with Gasteiger partial charge in [0, 0.05) is 19.2 Å². The molecule has 3 rings (SSSR count). The first kappa shape index (κ1) is 21.8. The van der Waals surface area contributed by atoms with Crippen LogP contribution >= 0.6 is 0 Å². The number of amidine groups is 1. The monoisotopic (exact) mass is 420 g/mol. The van der Waals surface area contributed by atoms with E-state index in [1.54, 1.807) is 31.3 Å². The number of carboxylic acids is 1. The molecule has 0 fully saturated rings. The summed E-state index contributed by atoms with van der Waals surface area (Å²) in [4.78, 5) is 39.6. The number of nitrogen functional groups attached to an aromatic ring is 1. The molecule has 1 atom stereocenters. The van der Waals surface area contributed by atoms with Crippen molar-refractivity contribution in [2.24, 2.45) is 11.7 Å². The molecule has 1 aliphatic heterocycles. The molecule has 31 heavy (non-hydrogen) atoms. The van der Waals surface area contributed by atoms with Crippen LogP contribution in [0.5, 0.6) is 0 Å². The molecule has 8 heteroatoms. The van der Waals surface area contributed by atoms with Gasteiger partial charge >= 0.3 is 5.97 Å². The van der Waals surface area contributed by atoms with Gasteiger partial charge in [-0.25, -0.2) is 0 Å². The standard InChI is InChI=1S/C23H24N4O4/c1-14(23(30)31)12-27-13-20(28)26(2)19-10-7-16(11-18(19)22(27)29)4-3-15-5-8-17(9-6-15)21(24)25/h3-11,14H,12-13H2,1-2H3,(H3,24,25)(H,30,31). The van der Waals surface area contributed by atoms with Crippen LogP contribution < -0.4 is 10.6 Å². The topological polar surface area (TPSA) is 128 Å². The first-order valence-corrected chi connectivity index (χ1v) is 9.72. The predicted molar refractivity (Wildman–Crippen MR) is 119 cm³/mol. The highest BCUT2D eigenvalue weighted by Crippen LogP contribution is 2.27. The van der Waals surface area contributed by atoms with Crippen molar-refractivity contribution in [3.8, 4) is 0 Å². The highest BCUT2D eigenvalue weighted by Gasteiger charge is 2.31. The molecule has 0 spiro atoms. The molecule has 0 saturated carbocycles. The Balaban J connectivity index is 1.90. The van der Waals surface area contributed by atoms with E-state index in [1.807, 2.05) is 30.4 Å². The minimum atomic E-state index is -1.02. The van der Waals surface area contributed by atoms with E-state index in [9.17, 15) is 19.5 Å². The second-order valence-electron chi connectivity index (χ2n) is 7.52. The Labute approximate surface area is 180 Å². The van der Waals surface area contributed by atoms with Gasteiger partial charge in [-0.2, -0.15) is 0 Å². The molecule has 2 amide bonds. The summed E-state index contributed by atoms with van der Waals surface area (Å²) >= 11 is 0. The number of aliphatic carboxylic acids is 1. The molecule has 0 aliphatic carbocycles. The summed E-state index contributed by atoms with van der Waals surface area (Å²) in [5.41, 5.74) is 8.60. The smallest absolute Gasteiger partial charge is 0.308 e. The van der Waals surface area contributed by atoms with Crippen LogP contribution in [0.15, 0.2) is 42.5 Å². The zero-order valence-electron chi connectivity index (χ0n) is 17.3. The molecule has 1 aliphatic rings. The highest BCUT2D eigenvalue weighted by molar-refractivity contribution is 6.09. The van der Waals surface area contributed by atoms with Crippen molar-refractivity contribution in [1.82, 2.24) is 4.90 Å². The molecule has 160 valence electrons. The molecule has 0 saturated heterocycles. The fraction of sp³-hybridized carbons (Fsp3) is 0.217. The summed E-state index contributed by atoms with van der Waals surface area (Å²) in [5.74, 6) is -2.46. The van der Waals surface area contributed by atoms with E-state index in [2.05, 4.69) is 0 Å². The predicted octanol–water partition coefficient (Wildman–Crippen LogP) is 2.28. The number of hydrogen-bond donors (Lipinski definition) is 3. The number of nitrogens with one attached hydrogen (secondary N) is 1. The van der Waals surface area contributed by atoms with E-state index >= 15 is 0 Å². The van der Waals surface area contributed by atoms with E-state index < -0.39 is 11.9 Å². The highest BCUT2D eigenvalue weighted by atomic mass is 16.4. The zero-order valence-corrected chi connectivity index (χ0v) is 17.3. The normalized spacial score (nSPS) is 15.0. The molecule has 2 aromatic carbocycles. The van der Waals surface area contributed by atoms with Gasteiger partial charge < -0.3 is 20.6 Å². The molecule has 1 unspecified atom stereocenters. The van der Waals surface area contributed by atoms with E-state index in [4.69, 9.17) is 11.1 Å². The van der Waals surface area contributed by atoms with E-state index in [-0.39, 0.29) is 30.7 Å². The summed E-state index contributed by atoms with van der Waals surface area (Å²) < 4.78 is 0. The van der Waals surface area contributed by atoms with Crippen molar-refractivity contribution in [1.29, 1.82) is 5.41 Å². The Morgan fingerprint density at radius 3 is 2.39 bits per heavy atom. The Hall–Kier alpha value is -3.94. The van der Waals surface area contributed by atoms with Crippen LogP contribution in [-0.2, 0) is 9.59 Å². The molecule has 8 nitrogen and oxygen atoms in total. The van der Waals surface area contributed by atoms with Crippen LogP contribution in [-0.4, -0.2) is 53.8 Å². The lowest BCUT2D eigenvalue weighted by Gasteiger charge is -2.22. The summed E-state index contributed by atoms with van der Waals surface area (Å²) in [5, 5.41) is 16.6. The lowest BCUT2D eigenvalue weighted by atomic mass is 10.0.